The van der Waals surface area contributed by atoms with E-state index < -0.39 is 18.5 Å². The summed E-state index contributed by atoms with van der Waals surface area (Å²) < 4.78 is 4.94. The number of nitrogens with one attached hydrogen (secondary N) is 1. The second kappa shape index (κ2) is 8.24. The molecule has 7 heteroatoms. The van der Waals surface area contributed by atoms with Crippen molar-refractivity contribution < 1.29 is 14.3 Å². The first-order valence-corrected chi connectivity index (χ1v) is 8.53. The molecular formula is C16H13Cl2NO3S. The average Bonchev–Trinajstić information content (AvgIpc) is 2.52. The molecule has 1 amide bonds. The Labute approximate surface area is 148 Å². The van der Waals surface area contributed by atoms with E-state index in [4.69, 9.17) is 27.9 Å². The molecule has 0 aromatic heterocycles. The predicted molar refractivity (Wildman–Crippen MR) is 93.6 cm³/mol. The van der Waals surface area contributed by atoms with Crippen LogP contribution < -0.4 is 5.32 Å². The van der Waals surface area contributed by atoms with Gasteiger partial charge in [0.2, 0.25) is 0 Å². The number of thioether (sulfide) groups is 1. The molecule has 2 aromatic carbocycles. The Bertz CT molecular complexity index is 700. The van der Waals surface area contributed by atoms with E-state index in [9.17, 15) is 9.59 Å². The Kier molecular flexibility index (Phi) is 6.33. The second-order valence-electron chi connectivity index (χ2n) is 4.51. The van der Waals surface area contributed by atoms with Crippen LogP contribution in [0.15, 0.2) is 47.4 Å². The van der Waals surface area contributed by atoms with Crippen molar-refractivity contribution in [3.63, 3.8) is 0 Å². The van der Waals surface area contributed by atoms with Gasteiger partial charge in [-0.1, -0.05) is 23.2 Å². The Morgan fingerprint density at radius 1 is 1.09 bits per heavy atom. The maximum atomic E-state index is 11.9. The zero-order chi connectivity index (χ0) is 16.8. The van der Waals surface area contributed by atoms with Gasteiger partial charge >= 0.3 is 5.97 Å². The van der Waals surface area contributed by atoms with Crippen molar-refractivity contribution in [3.05, 3.63) is 58.1 Å². The van der Waals surface area contributed by atoms with E-state index in [1.165, 1.54) is 18.2 Å². The quantitative estimate of drug-likeness (QED) is 0.622. The molecule has 0 aliphatic heterocycles. The highest BCUT2D eigenvalue weighted by atomic mass is 35.5. The summed E-state index contributed by atoms with van der Waals surface area (Å²) >= 11 is 13.2. The molecule has 0 radical (unpaired) electrons. The molecule has 0 atom stereocenters. The lowest BCUT2D eigenvalue weighted by atomic mass is 10.2. The van der Waals surface area contributed by atoms with Gasteiger partial charge in [-0.05, 0) is 48.7 Å². The number of ether oxygens (including phenoxy) is 1. The van der Waals surface area contributed by atoms with E-state index in [1.807, 2.05) is 18.4 Å². The molecule has 2 rings (SSSR count). The standard InChI is InChI=1S/C16H13Cl2NO3S/c1-23-14-4-2-13(3-5-14)19-15(20)9-22-16(21)10-6-11(17)8-12(18)7-10/h2-8H,9H2,1H3,(H,19,20). The lowest BCUT2D eigenvalue weighted by molar-refractivity contribution is -0.119. The monoisotopic (exact) mass is 369 g/mol. The molecule has 0 unspecified atom stereocenters. The minimum atomic E-state index is -0.665. The zero-order valence-electron chi connectivity index (χ0n) is 12.1. The van der Waals surface area contributed by atoms with Gasteiger partial charge in [-0.2, -0.15) is 0 Å². The normalized spacial score (nSPS) is 10.2. The largest absolute Gasteiger partial charge is 0.452 e. The van der Waals surface area contributed by atoms with E-state index in [-0.39, 0.29) is 5.56 Å². The molecule has 120 valence electrons. The van der Waals surface area contributed by atoms with E-state index in [2.05, 4.69) is 5.32 Å². The Balaban J connectivity index is 1.89. The number of carbonyl (C=O) groups excluding carboxylic acids is 2. The van der Waals surface area contributed by atoms with Crippen molar-refractivity contribution in [2.75, 3.05) is 18.2 Å². The molecule has 0 heterocycles. The molecule has 2 aromatic rings. The van der Waals surface area contributed by atoms with Crippen molar-refractivity contribution >= 4 is 52.5 Å². The van der Waals surface area contributed by atoms with Crippen LogP contribution in [-0.2, 0) is 9.53 Å². The van der Waals surface area contributed by atoms with Gasteiger partial charge in [-0.15, -0.1) is 11.8 Å². The summed E-state index contributed by atoms with van der Waals surface area (Å²) in [6, 6.07) is 11.7. The fraction of sp³-hybridized carbons (Fsp3) is 0.125. The SMILES string of the molecule is CSc1ccc(NC(=O)COC(=O)c2cc(Cl)cc(Cl)c2)cc1. The van der Waals surface area contributed by atoms with E-state index in [0.29, 0.717) is 15.7 Å². The van der Waals surface area contributed by atoms with E-state index >= 15 is 0 Å². The highest BCUT2D eigenvalue weighted by molar-refractivity contribution is 7.98. The number of amides is 1. The molecule has 1 N–H and O–H groups in total. The first kappa shape index (κ1) is 17.7. The minimum absolute atomic E-state index is 0.194. The zero-order valence-corrected chi connectivity index (χ0v) is 14.5. The van der Waals surface area contributed by atoms with Crippen molar-refractivity contribution in [1.82, 2.24) is 0 Å². The van der Waals surface area contributed by atoms with Crippen LogP contribution in [0.25, 0.3) is 0 Å². The number of hydrogen-bond donors (Lipinski definition) is 1. The lowest BCUT2D eigenvalue weighted by Crippen LogP contribution is -2.20. The molecule has 0 bridgehead atoms. The summed E-state index contributed by atoms with van der Waals surface area (Å²) in [5.41, 5.74) is 0.828. The van der Waals surface area contributed by atoms with Crippen LogP contribution in [0.3, 0.4) is 0 Å². The summed E-state index contributed by atoms with van der Waals surface area (Å²) in [4.78, 5) is 24.7. The Morgan fingerprint density at radius 3 is 2.26 bits per heavy atom. The first-order chi connectivity index (χ1) is 11.0. The molecule has 0 aliphatic rings. The Hall–Kier alpha value is -1.69. The van der Waals surface area contributed by atoms with Crippen LogP contribution in [0.2, 0.25) is 10.0 Å². The van der Waals surface area contributed by atoms with Crippen molar-refractivity contribution in [2.45, 2.75) is 4.90 Å². The van der Waals surface area contributed by atoms with Gasteiger partial charge in [0.25, 0.3) is 5.91 Å². The van der Waals surface area contributed by atoms with E-state index in [0.717, 1.165) is 4.90 Å². The van der Waals surface area contributed by atoms with Gasteiger partial charge in [0, 0.05) is 20.6 Å². The molecule has 0 saturated heterocycles. The van der Waals surface area contributed by atoms with Gasteiger partial charge in [-0.25, -0.2) is 4.79 Å². The summed E-state index contributed by atoms with van der Waals surface area (Å²) in [6.07, 6.45) is 1.97. The fourth-order valence-corrected chi connectivity index (χ4v) is 2.69. The summed E-state index contributed by atoms with van der Waals surface area (Å²) in [5, 5.41) is 3.29. The minimum Gasteiger partial charge on any atom is -0.452 e. The Morgan fingerprint density at radius 2 is 1.70 bits per heavy atom. The number of esters is 1. The summed E-state index contributed by atoms with van der Waals surface area (Å²) in [7, 11) is 0. The molecule has 0 saturated carbocycles. The van der Waals surface area contributed by atoms with E-state index in [1.54, 1.807) is 23.9 Å². The number of benzene rings is 2. The van der Waals surface area contributed by atoms with Crippen molar-refractivity contribution in [3.8, 4) is 0 Å². The highest BCUT2D eigenvalue weighted by Crippen LogP contribution is 2.20. The number of rotatable bonds is 5. The molecular weight excluding hydrogens is 357 g/mol. The van der Waals surface area contributed by atoms with Gasteiger partial charge in [0.15, 0.2) is 6.61 Å². The van der Waals surface area contributed by atoms with Crippen LogP contribution in [0, 0.1) is 0 Å². The maximum Gasteiger partial charge on any atom is 0.338 e. The van der Waals surface area contributed by atoms with Crippen LogP contribution in [0.1, 0.15) is 10.4 Å². The van der Waals surface area contributed by atoms with Gasteiger partial charge < -0.3 is 10.1 Å². The summed E-state index contributed by atoms with van der Waals surface area (Å²) in [6.45, 7) is -0.396. The van der Waals surface area contributed by atoms with Crippen LogP contribution >= 0.6 is 35.0 Å². The molecule has 0 fully saturated rings. The average molecular weight is 370 g/mol. The predicted octanol–water partition coefficient (Wildman–Crippen LogP) is 4.51. The second-order valence-corrected chi connectivity index (χ2v) is 6.26. The lowest BCUT2D eigenvalue weighted by Gasteiger charge is -2.07. The molecule has 0 spiro atoms. The van der Waals surface area contributed by atoms with Crippen molar-refractivity contribution in [1.29, 1.82) is 0 Å². The number of carbonyl (C=O) groups is 2. The smallest absolute Gasteiger partial charge is 0.338 e. The fourth-order valence-electron chi connectivity index (χ4n) is 1.76. The third-order valence-electron chi connectivity index (χ3n) is 2.81. The van der Waals surface area contributed by atoms with Crippen LogP contribution in [-0.4, -0.2) is 24.7 Å². The van der Waals surface area contributed by atoms with Crippen LogP contribution in [0.4, 0.5) is 5.69 Å². The molecule has 4 nitrogen and oxygen atoms in total. The number of anilines is 1. The first-order valence-electron chi connectivity index (χ1n) is 6.55. The topological polar surface area (TPSA) is 55.4 Å². The maximum absolute atomic E-state index is 11.9. The third-order valence-corrected chi connectivity index (χ3v) is 3.99. The molecule has 0 aliphatic carbocycles. The van der Waals surface area contributed by atoms with Gasteiger partial charge in [-0.3, -0.25) is 4.79 Å². The van der Waals surface area contributed by atoms with Crippen LogP contribution in [0.5, 0.6) is 0 Å². The highest BCUT2D eigenvalue weighted by Gasteiger charge is 2.12. The van der Waals surface area contributed by atoms with Crippen molar-refractivity contribution in [2.24, 2.45) is 0 Å². The summed E-state index contributed by atoms with van der Waals surface area (Å²) in [5.74, 6) is -1.09. The van der Waals surface area contributed by atoms with Gasteiger partial charge in [0.1, 0.15) is 0 Å². The third kappa shape index (κ3) is 5.46. The number of hydrogen-bond acceptors (Lipinski definition) is 4. The number of halogens is 2. The molecule has 23 heavy (non-hydrogen) atoms. The van der Waals surface area contributed by atoms with Gasteiger partial charge in [0.05, 0.1) is 5.56 Å².